The van der Waals surface area contributed by atoms with Gasteiger partial charge >= 0.3 is 6.03 Å². The third-order valence-electron chi connectivity index (χ3n) is 4.62. The summed E-state index contributed by atoms with van der Waals surface area (Å²) in [5.74, 6) is 0.776. The molecule has 1 atom stereocenters. The molecule has 1 unspecified atom stereocenters. The predicted octanol–water partition coefficient (Wildman–Crippen LogP) is 3.75. The highest BCUT2D eigenvalue weighted by molar-refractivity contribution is 5.89. The van der Waals surface area contributed by atoms with E-state index in [1.54, 1.807) is 7.11 Å². The second-order valence-electron chi connectivity index (χ2n) is 6.48. The number of amides is 2. The molecule has 2 amide bonds. The summed E-state index contributed by atoms with van der Waals surface area (Å²) in [6.45, 7) is 6.50. The van der Waals surface area contributed by atoms with Crippen LogP contribution in [0.4, 0.5) is 16.2 Å². The van der Waals surface area contributed by atoms with Crippen molar-refractivity contribution in [3.05, 3.63) is 54.1 Å². The summed E-state index contributed by atoms with van der Waals surface area (Å²) in [5, 5.41) is 2.96. The molecular formula is C20H25N3O2. The van der Waals surface area contributed by atoms with E-state index in [1.165, 1.54) is 11.3 Å². The maximum atomic E-state index is 12.5. The molecular weight excluding hydrogens is 314 g/mol. The molecule has 1 heterocycles. The molecule has 5 nitrogen and oxygen atoms in total. The topological polar surface area (TPSA) is 44.8 Å². The zero-order chi connectivity index (χ0) is 17.8. The summed E-state index contributed by atoms with van der Waals surface area (Å²) in [6.07, 6.45) is 0. The molecule has 1 aliphatic rings. The van der Waals surface area contributed by atoms with Gasteiger partial charge in [-0.15, -0.1) is 0 Å². The van der Waals surface area contributed by atoms with Crippen LogP contribution >= 0.6 is 0 Å². The summed E-state index contributed by atoms with van der Waals surface area (Å²) in [5.41, 5.74) is 3.25. The highest BCUT2D eigenvalue weighted by atomic mass is 16.5. The van der Waals surface area contributed by atoms with Crippen molar-refractivity contribution < 1.29 is 9.53 Å². The molecule has 25 heavy (non-hydrogen) atoms. The van der Waals surface area contributed by atoms with Gasteiger partial charge in [0.1, 0.15) is 5.75 Å². The van der Waals surface area contributed by atoms with Gasteiger partial charge in [0.2, 0.25) is 0 Å². The van der Waals surface area contributed by atoms with E-state index < -0.39 is 0 Å². The van der Waals surface area contributed by atoms with Gasteiger partial charge in [0, 0.05) is 37.1 Å². The number of rotatable bonds is 3. The number of anilines is 2. The van der Waals surface area contributed by atoms with Gasteiger partial charge in [-0.05, 0) is 50.2 Å². The van der Waals surface area contributed by atoms with Crippen molar-refractivity contribution in [1.29, 1.82) is 0 Å². The van der Waals surface area contributed by atoms with E-state index in [-0.39, 0.29) is 12.1 Å². The molecule has 1 aliphatic heterocycles. The van der Waals surface area contributed by atoms with Gasteiger partial charge < -0.3 is 19.9 Å². The Hall–Kier alpha value is -2.69. The van der Waals surface area contributed by atoms with Crippen LogP contribution in [0.3, 0.4) is 0 Å². The normalized spacial score (nSPS) is 17.3. The number of hydrogen-bond donors (Lipinski definition) is 1. The van der Waals surface area contributed by atoms with Gasteiger partial charge in [-0.25, -0.2) is 4.79 Å². The van der Waals surface area contributed by atoms with E-state index in [0.29, 0.717) is 13.1 Å². The van der Waals surface area contributed by atoms with Gasteiger partial charge in [-0.3, -0.25) is 0 Å². The molecule has 0 aromatic heterocycles. The minimum atomic E-state index is -0.0550. The molecule has 0 spiro atoms. The number of benzene rings is 2. The van der Waals surface area contributed by atoms with E-state index in [0.717, 1.165) is 18.0 Å². The minimum Gasteiger partial charge on any atom is -0.497 e. The van der Waals surface area contributed by atoms with Crippen LogP contribution in [0.2, 0.25) is 0 Å². The number of carbonyl (C=O) groups excluding carboxylic acids is 1. The van der Waals surface area contributed by atoms with E-state index in [2.05, 4.69) is 48.3 Å². The highest BCUT2D eigenvalue weighted by Gasteiger charge is 2.26. The molecule has 132 valence electrons. The average Bonchev–Trinajstić information content (AvgIpc) is 2.63. The van der Waals surface area contributed by atoms with Gasteiger partial charge in [0.05, 0.1) is 7.11 Å². The first-order valence-corrected chi connectivity index (χ1v) is 8.60. The Morgan fingerprint density at radius 3 is 2.36 bits per heavy atom. The lowest BCUT2D eigenvalue weighted by molar-refractivity contribution is 0.200. The number of nitrogens with zero attached hydrogens (tertiary/aromatic N) is 2. The van der Waals surface area contributed by atoms with E-state index in [4.69, 9.17) is 4.74 Å². The summed E-state index contributed by atoms with van der Waals surface area (Å²) >= 11 is 0. The fraction of sp³-hybridized carbons (Fsp3) is 0.350. The van der Waals surface area contributed by atoms with Crippen LogP contribution in [0.25, 0.3) is 0 Å². The van der Waals surface area contributed by atoms with Crippen molar-refractivity contribution in [1.82, 2.24) is 4.90 Å². The second-order valence-corrected chi connectivity index (χ2v) is 6.48. The lowest BCUT2D eigenvalue weighted by Gasteiger charge is -2.41. The molecule has 0 saturated carbocycles. The number of nitrogens with one attached hydrogen (secondary N) is 1. The fourth-order valence-corrected chi connectivity index (χ4v) is 3.14. The summed E-state index contributed by atoms with van der Waals surface area (Å²) in [6, 6.07) is 16.2. The van der Waals surface area contributed by atoms with Gasteiger partial charge in [-0.1, -0.05) is 17.7 Å². The maximum Gasteiger partial charge on any atom is 0.321 e. The van der Waals surface area contributed by atoms with Crippen LogP contribution < -0.4 is 15.0 Å². The Kier molecular flexibility index (Phi) is 5.12. The third-order valence-corrected chi connectivity index (χ3v) is 4.62. The largest absolute Gasteiger partial charge is 0.497 e. The molecule has 1 fully saturated rings. The summed E-state index contributed by atoms with van der Waals surface area (Å²) < 4.78 is 5.14. The standard InChI is InChI=1S/C20H25N3O2/c1-15-4-8-18(9-5-15)23-13-12-22(14-16(23)2)20(24)21-17-6-10-19(25-3)11-7-17/h4-11,16H,12-14H2,1-3H3,(H,21,24). The minimum absolute atomic E-state index is 0.0550. The average molecular weight is 339 g/mol. The van der Waals surface area contributed by atoms with Crippen LogP contribution in [0, 0.1) is 6.92 Å². The Morgan fingerprint density at radius 1 is 1.08 bits per heavy atom. The highest BCUT2D eigenvalue weighted by Crippen LogP contribution is 2.22. The van der Waals surface area contributed by atoms with Crippen molar-refractivity contribution in [3.63, 3.8) is 0 Å². The van der Waals surface area contributed by atoms with Crippen LogP contribution in [0.1, 0.15) is 12.5 Å². The number of hydrogen-bond acceptors (Lipinski definition) is 3. The molecule has 2 aromatic rings. The summed E-state index contributed by atoms with van der Waals surface area (Å²) in [7, 11) is 1.63. The second kappa shape index (κ2) is 7.47. The Bertz CT molecular complexity index is 713. The first-order chi connectivity index (χ1) is 12.1. The molecule has 3 rings (SSSR count). The van der Waals surface area contributed by atoms with E-state index in [9.17, 15) is 4.79 Å². The van der Waals surface area contributed by atoms with Gasteiger partial charge in [0.15, 0.2) is 0 Å². The first kappa shape index (κ1) is 17.1. The smallest absolute Gasteiger partial charge is 0.321 e. The van der Waals surface area contributed by atoms with E-state index >= 15 is 0 Å². The Morgan fingerprint density at radius 2 is 1.76 bits per heavy atom. The fourth-order valence-electron chi connectivity index (χ4n) is 3.14. The molecule has 1 saturated heterocycles. The van der Waals surface area contributed by atoms with Crippen molar-refractivity contribution in [2.24, 2.45) is 0 Å². The van der Waals surface area contributed by atoms with Crippen molar-refractivity contribution in [2.45, 2.75) is 19.9 Å². The maximum absolute atomic E-state index is 12.5. The molecule has 0 radical (unpaired) electrons. The summed E-state index contributed by atoms with van der Waals surface area (Å²) in [4.78, 5) is 16.8. The Balaban J connectivity index is 1.59. The molecule has 5 heteroatoms. The molecule has 0 bridgehead atoms. The van der Waals surface area contributed by atoms with Crippen molar-refractivity contribution in [2.75, 3.05) is 37.0 Å². The van der Waals surface area contributed by atoms with E-state index in [1.807, 2.05) is 29.2 Å². The van der Waals surface area contributed by atoms with Crippen LogP contribution in [-0.2, 0) is 0 Å². The number of methoxy groups -OCH3 is 1. The SMILES string of the molecule is COc1ccc(NC(=O)N2CCN(c3ccc(C)cc3)C(C)C2)cc1. The number of ether oxygens (including phenoxy) is 1. The first-order valence-electron chi connectivity index (χ1n) is 8.60. The quantitative estimate of drug-likeness (QED) is 0.926. The zero-order valence-electron chi connectivity index (χ0n) is 15.0. The monoisotopic (exact) mass is 339 g/mol. The van der Waals surface area contributed by atoms with Gasteiger partial charge in [0.25, 0.3) is 0 Å². The molecule has 2 aromatic carbocycles. The number of urea groups is 1. The molecule has 0 aliphatic carbocycles. The number of piperazine rings is 1. The molecule has 1 N–H and O–H groups in total. The number of aryl methyl sites for hydroxylation is 1. The van der Waals surface area contributed by atoms with Crippen molar-refractivity contribution in [3.8, 4) is 5.75 Å². The zero-order valence-corrected chi connectivity index (χ0v) is 15.0. The lowest BCUT2D eigenvalue weighted by Crippen LogP contribution is -2.54. The van der Waals surface area contributed by atoms with Crippen LogP contribution in [0.5, 0.6) is 5.75 Å². The lowest BCUT2D eigenvalue weighted by atomic mass is 10.1. The number of carbonyl (C=O) groups is 1. The van der Waals surface area contributed by atoms with Crippen LogP contribution in [-0.4, -0.2) is 43.7 Å². The third kappa shape index (κ3) is 4.05. The van der Waals surface area contributed by atoms with Crippen molar-refractivity contribution >= 4 is 17.4 Å². The Labute approximate surface area is 149 Å². The van der Waals surface area contributed by atoms with Gasteiger partial charge in [-0.2, -0.15) is 0 Å². The predicted molar refractivity (Wildman–Crippen MR) is 102 cm³/mol. The van der Waals surface area contributed by atoms with Crippen LogP contribution in [0.15, 0.2) is 48.5 Å².